The van der Waals surface area contributed by atoms with Gasteiger partial charge in [0, 0.05) is 12.5 Å². The molecule has 14 heavy (non-hydrogen) atoms. The van der Waals surface area contributed by atoms with Gasteiger partial charge in [0.05, 0.1) is 13.3 Å². The highest BCUT2D eigenvalue weighted by atomic mass is 19.1. The Balaban J connectivity index is 2.64. The van der Waals surface area contributed by atoms with Crippen LogP contribution >= 0.6 is 0 Å². The molecule has 1 aromatic rings. The van der Waals surface area contributed by atoms with E-state index in [1.807, 2.05) is 0 Å². The first kappa shape index (κ1) is 10.7. The van der Waals surface area contributed by atoms with Crippen molar-refractivity contribution in [2.75, 3.05) is 13.3 Å². The zero-order chi connectivity index (χ0) is 10.4. The molecule has 1 N–H and O–H groups in total. The number of ether oxygens (including phenoxy) is 1. The summed E-state index contributed by atoms with van der Waals surface area (Å²) in [6.45, 7) is -0.681. The molecule has 0 aliphatic rings. The lowest BCUT2D eigenvalue weighted by Crippen LogP contribution is -2.09. The van der Waals surface area contributed by atoms with Gasteiger partial charge in [-0.2, -0.15) is 0 Å². The van der Waals surface area contributed by atoms with Crippen molar-refractivity contribution >= 4 is 0 Å². The molecule has 0 radical (unpaired) electrons. The van der Waals surface area contributed by atoms with E-state index in [9.17, 15) is 9.18 Å². The van der Waals surface area contributed by atoms with Crippen molar-refractivity contribution in [3.8, 4) is 5.75 Å². The van der Waals surface area contributed by atoms with Gasteiger partial charge in [-0.25, -0.2) is 0 Å². The predicted octanol–water partition coefficient (Wildman–Crippen LogP) is 0.871. The highest BCUT2D eigenvalue weighted by Gasteiger charge is 2.03. The van der Waals surface area contributed by atoms with Crippen LogP contribution in [0.4, 0.5) is 4.39 Å². The molecular weight excluding hydrogens is 191 g/mol. The van der Waals surface area contributed by atoms with Gasteiger partial charge < -0.3 is 14.3 Å². The third-order valence-corrected chi connectivity index (χ3v) is 1.54. The fraction of sp³-hybridized carbons (Fsp3) is 0.444. The number of aliphatic hydroxyl groups is 1. The molecular formula is C9H11FO4. The summed E-state index contributed by atoms with van der Waals surface area (Å²) in [4.78, 5) is 11.2. The van der Waals surface area contributed by atoms with Crippen LogP contribution in [0, 0.1) is 0 Å². The Morgan fingerprint density at radius 3 is 2.93 bits per heavy atom. The smallest absolute Gasteiger partial charge is 0.227 e. The maximum Gasteiger partial charge on any atom is 0.227 e. The van der Waals surface area contributed by atoms with Gasteiger partial charge in [-0.1, -0.05) is 0 Å². The fourth-order valence-electron chi connectivity index (χ4n) is 0.863. The molecule has 0 fully saturated rings. The second kappa shape index (κ2) is 5.39. The van der Waals surface area contributed by atoms with E-state index >= 15 is 0 Å². The van der Waals surface area contributed by atoms with Gasteiger partial charge in [-0.3, -0.25) is 9.18 Å². The molecule has 0 atom stereocenters. The van der Waals surface area contributed by atoms with Gasteiger partial charge in [-0.05, 0) is 0 Å². The molecule has 4 nitrogen and oxygen atoms in total. The predicted molar refractivity (Wildman–Crippen MR) is 47.0 cm³/mol. The Labute approximate surface area is 79.9 Å². The van der Waals surface area contributed by atoms with Crippen LogP contribution in [0.15, 0.2) is 21.5 Å². The minimum absolute atomic E-state index is 0.0376. The molecule has 1 heterocycles. The third-order valence-electron chi connectivity index (χ3n) is 1.54. The Morgan fingerprint density at radius 2 is 2.36 bits per heavy atom. The van der Waals surface area contributed by atoms with Crippen molar-refractivity contribution in [3.63, 3.8) is 0 Å². The fourth-order valence-corrected chi connectivity index (χ4v) is 0.863. The molecule has 78 valence electrons. The van der Waals surface area contributed by atoms with E-state index in [4.69, 9.17) is 14.3 Å². The Hall–Kier alpha value is -1.36. The summed E-state index contributed by atoms with van der Waals surface area (Å²) in [5.41, 5.74) is -0.376. The summed E-state index contributed by atoms with van der Waals surface area (Å²) in [5.74, 6) is 0.212. The third kappa shape index (κ3) is 2.85. The zero-order valence-corrected chi connectivity index (χ0v) is 7.53. The molecule has 0 amide bonds. The van der Waals surface area contributed by atoms with Crippen LogP contribution in [0.1, 0.15) is 12.2 Å². The molecule has 0 spiro atoms. The molecule has 0 bridgehead atoms. The highest BCUT2D eigenvalue weighted by molar-refractivity contribution is 5.17. The normalized spacial score (nSPS) is 10.1. The van der Waals surface area contributed by atoms with Crippen LogP contribution in [0.3, 0.4) is 0 Å². The average Bonchev–Trinajstić information content (AvgIpc) is 2.20. The lowest BCUT2D eigenvalue weighted by Gasteiger charge is -2.03. The van der Waals surface area contributed by atoms with Crippen LogP contribution in [0.5, 0.6) is 5.75 Å². The van der Waals surface area contributed by atoms with E-state index in [-0.39, 0.29) is 36.6 Å². The van der Waals surface area contributed by atoms with Crippen LogP contribution in [0.2, 0.25) is 0 Å². The summed E-state index contributed by atoms with van der Waals surface area (Å²) >= 11 is 0. The second-order valence-electron chi connectivity index (χ2n) is 2.62. The van der Waals surface area contributed by atoms with E-state index in [1.54, 1.807) is 0 Å². The summed E-state index contributed by atoms with van der Waals surface area (Å²) < 4.78 is 21.5. The zero-order valence-electron chi connectivity index (χ0n) is 7.53. The number of aliphatic hydroxyl groups excluding tert-OH is 1. The number of halogens is 1. The van der Waals surface area contributed by atoms with Crippen molar-refractivity contribution < 1.29 is 18.7 Å². The maximum absolute atomic E-state index is 11.7. The van der Waals surface area contributed by atoms with E-state index < -0.39 is 6.67 Å². The summed E-state index contributed by atoms with van der Waals surface area (Å²) in [5, 5.41) is 8.64. The Morgan fingerprint density at radius 1 is 1.57 bits per heavy atom. The van der Waals surface area contributed by atoms with Crippen molar-refractivity contribution in [1.29, 1.82) is 0 Å². The first-order valence-corrected chi connectivity index (χ1v) is 4.19. The van der Waals surface area contributed by atoms with Crippen molar-refractivity contribution in [3.05, 3.63) is 28.3 Å². The van der Waals surface area contributed by atoms with Gasteiger partial charge in [-0.15, -0.1) is 0 Å². The van der Waals surface area contributed by atoms with Gasteiger partial charge >= 0.3 is 0 Å². The minimum Gasteiger partial charge on any atom is -0.487 e. The Bertz CT molecular complexity index is 334. The minimum atomic E-state index is -0.486. The lowest BCUT2D eigenvalue weighted by atomic mass is 10.4. The largest absolute Gasteiger partial charge is 0.487 e. The number of alkyl halides is 1. The first-order valence-electron chi connectivity index (χ1n) is 4.19. The number of rotatable bonds is 5. The van der Waals surface area contributed by atoms with E-state index in [0.717, 1.165) is 12.3 Å². The molecule has 1 rings (SSSR count). The summed E-state index contributed by atoms with van der Waals surface area (Å²) in [7, 11) is 0. The molecule has 0 aliphatic carbocycles. The van der Waals surface area contributed by atoms with Gasteiger partial charge in [0.25, 0.3) is 0 Å². The Kier molecular flexibility index (Phi) is 4.12. The van der Waals surface area contributed by atoms with Crippen LogP contribution in [-0.2, 0) is 6.61 Å². The monoisotopic (exact) mass is 202 g/mol. The van der Waals surface area contributed by atoms with Crippen molar-refractivity contribution in [1.82, 2.24) is 0 Å². The summed E-state index contributed by atoms with van der Waals surface area (Å²) in [6, 6.07) is 1.14. The topological polar surface area (TPSA) is 59.7 Å². The molecule has 0 saturated heterocycles. The number of hydrogen-bond donors (Lipinski definition) is 1. The number of hydrogen-bond acceptors (Lipinski definition) is 4. The second-order valence-corrected chi connectivity index (χ2v) is 2.62. The van der Waals surface area contributed by atoms with Gasteiger partial charge in [0.1, 0.15) is 18.6 Å². The standard InChI is InChI=1S/C9H11FO4/c10-2-1-3-13-9-6-14-7(5-11)4-8(9)12/h4,6,11H,1-3,5H2. The lowest BCUT2D eigenvalue weighted by molar-refractivity contribution is 0.235. The van der Waals surface area contributed by atoms with Crippen LogP contribution in [0.25, 0.3) is 0 Å². The van der Waals surface area contributed by atoms with E-state index in [0.29, 0.717) is 0 Å². The van der Waals surface area contributed by atoms with Crippen LogP contribution in [-0.4, -0.2) is 18.4 Å². The van der Waals surface area contributed by atoms with E-state index in [1.165, 1.54) is 0 Å². The molecule has 0 aromatic carbocycles. The van der Waals surface area contributed by atoms with Crippen molar-refractivity contribution in [2.24, 2.45) is 0 Å². The molecule has 5 heteroatoms. The average molecular weight is 202 g/mol. The molecule has 0 saturated carbocycles. The molecule has 0 aliphatic heterocycles. The maximum atomic E-state index is 11.7. The van der Waals surface area contributed by atoms with Gasteiger partial charge in [0.15, 0.2) is 0 Å². The molecule has 0 unspecified atom stereocenters. The van der Waals surface area contributed by atoms with E-state index in [2.05, 4.69) is 0 Å². The highest BCUT2D eigenvalue weighted by Crippen LogP contribution is 2.05. The quantitative estimate of drug-likeness (QED) is 0.720. The van der Waals surface area contributed by atoms with Crippen molar-refractivity contribution in [2.45, 2.75) is 13.0 Å². The van der Waals surface area contributed by atoms with Gasteiger partial charge in [0.2, 0.25) is 11.2 Å². The first-order chi connectivity index (χ1) is 6.77. The SMILES string of the molecule is O=c1cc(CO)occ1OCCCF. The molecule has 1 aromatic heterocycles. The summed E-state index contributed by atoms with van der Waals surface area (Å²) in [6.07, 6.45) is 1.35. The van der Waals surface area contributed by atoms with Crippen LogP contribution < -0.4 is 10.2 Å².